The molecule has 1 aromatic heterocycles. The summed E-state index contributed by atoms with van der Waals surface area (Å²) in [7, 11) is 1.52. The van der Waals surface area contributed by atoms with E-state index in [1.807, 2.05) is 13.8 Å². The number of benzene rings is 1. The molecule has 1 fully saturated rings. The molecule has 2 N–H and O–H groups in total. The summed E-state index contributed by atoms with van der Waals surface area (Å²) in [6.45, 7) is 4.23. The van der Waals surface area contributed by atoms with Gasteiger partial charge in [-0.15, -0.1) is 0 Å². The molecule has 3 rings (SSSR count). The number of amides is 2. The molecule has 2 amide bonds. The van der Waals surface area contributed by atoms with Gasteiger partial charge in [0.25, 0.3) is 5.91 Å². The third-order valence-electron chi connectivity index (χ3n) is 5.00. The van der Waals surface area contributed by atoms with Crippen molar-refractivity contribution >= 4 is 11.8 Å². The van der Waals surface area contributed by atoms with Crippen molar-refractivity contribution < 1.29 is 18.4 Å². The third-order valence-corrected chi connectivity index (χ3v) is 5.00. The van der Waals surface area contributed by atoms with Crippen LogP contribution in [0.5, 0.6) is 0 Å². The largest absolute Gasteiger partial charge is 0.454 e. The molecule has 0 saturated heterocycles. The highest BCUT2D eigenvalue weighted by molar-refractivity contribution is 5.93. The van der Waals surface area contributed by atoms with Gasteiger partial charge in [0.05, 0.1) is 12.0 Å². The lowest BCUT2D eigenvalue weighted by Crippen LogP contribution is -2.37. The van der Waals surface area contributed by atoms with Crippen molar-refractivity contribution in [1.82, 2.24) is 10.6 Å². The Morgan fingerprint density at radius 1 is 1.16 bits per heavy atom. The molecule has 1 atom stereocenters. The smallest absolute Gasteiger partial charge is 0.286 e. The number of hydrogen-bond acceptors (Lipinski definition) is 3. The van der Waals surface area contributed by atoms with Gasteiger partial charge < -0.3 is 15.1 Å². The van der Waals surface area contributed by atoms with Crippen molar-refractivity contribution in [3.8, 4) is 0 Å². The number of halogens is 1. The Morgan fingerprint density at radius 2 is 1.80 bits per heavy atom. The van der Waals surface area contributed by atoms with Crippen LogP contribution in [0.2, 0.25) is 0 Å². The van der Waals surface area contributed by atoms with E-state index in [1.54, 1.807) is 24.3 Å². The predicted octanol–water partition coefficient (Wildman–Crippen LogP) is 2.76. The van der Waals surface area contributed by atoms with Crippen molar-refractivity contribution in [2.75, 3.05) is 7.05 Å². The quantitative estimate of drug-likeness (QED) is 0.876. The molecule has 1 heterocycles. The molecule has 132 valence electrons. The van der Waals surface area contributed by atoms with Crippen LogP contribution in [0.4, 0.5) is 4.39 Å². The highest BCUT2D eigenvalue weighted by atomic mass is 19.1. The zero-order valence-electron chi connectivity index (χ0n) is 14.5. The summed E-state index contributed by atoms with van der Waals surface area (Å²) >= 11 is 0. The molecule has 1 aliphatic carbocycles. The fourth-order valence-electron chi connectivity index (χ4n) is 3.40. The van der Waals surface area contributed by atoms with Gasteiger partial charge in [-0.3, -0.25) is 9.59 Å². The van der Waals surface area contributed by atoms with Crippen LogP contribution in [0.1, 0.15) is 42.1 Å². The van der Waals surface area contributed by atoms with Gasteiger partial charge in [0.1, 0.15) is 11.6 Å². The number of carbonyl (C=O) groups is 2. The Kier molecular flexibility index (Phi) is 4.14. The van der Waals surface area contributed by atoms with Crippen LogP contribution in [0.3, 0.4) is 0 Å². The van der Waals surface area contributed by atoms with Gasteiger partial charge in [-0.05, 0) is 41.7 Å². The Bertz CT molecular complexity index is 810. The van der Waals surface area contributed by atoms with E-state index in [-0.39, 0.29) is 35.4 Å². The van der Waals surface area contributed by atoms with Crippen LogP contribution in [-0.2, 0) is 16.8 Å². The van der Waals surface area contributed by atoms with Crippen LogP contribution in [0.15, 0.2) is 40.8 Å². The lowest BCUT2D eigenvalue weighted by molar-refractivity contribution is -0.124. The number of hydrogen-bond donors (Lipinski definition) is 2. The summed E-state index contributed by atoms with van der Waals surface area (Å²) in [5.74, 6) is -0.0628. The standard InChI is InChI=1S/C19H21FN2O3/c1-18(2)11-19(18,12-4-6-13(20)7-5-12)17(24)22-10-14-8-9-15(25-14)16(23)21-3/h4-9H,10-11H2,1-3H3,(H,21,23)(H,22,24). The maximum Gasteiger partial charge on any atom is 0.286 e. The molecular weight excluding hydrogens is 323 g/mol. The van der Waals surface area contributed by atoms with Gasteiger partial charge in [-0.1, -0.05) is 26.0 Å². The normalized spacial score (nSPS) is 20.8. The zero-order valence-corrected chi connectivity index (χ0v) is 14.5. The molecular formula is C19H21FN2O3. The molecule has 2 aromatic rings. The summed E-state index contributed by atoms with van der Waals surface area (Å²) < 4.78 is 18.6. The molecule has 0 aliphatic heterocycles. The van der Waals surface area contributed by atoms with E-state index in [2.05, 4.69) is 10.6 Å². The maximum absolute atomic E-state index is 13.2. The second-order valence-electron chi connectivity index (χ2n) is 7.00. The molecule has 1 aliphatic rings. The Labute approximate surface area is 145 Å². The van der Waals surface area contributed by atoms with Crippen molar-refractivity contribution in [3.63, 3.8) is 0 Å². The van der Waals surface area contributed by atoms with Crippen molar-refractivity contribution in [3.05, 3.63) is 59.3 Å². The van der Waals surface area contributed by atoms with E-state index < -0.39 is 5.41 Å². The highest BCUT2D eigenvalue weighted by Gasteiger charge is 2.66. The van der Waals surface area contributed by atoms with Gasteiger partial charge in [0, 0.05) is 7.05 Å². The second-order valence-corrected chi connectivity index (χ2v) is 7.00. The average Bonchev–Trinajstić information content (AvgIpc) is 2.96. The topological polar surface area (TPSA) is 71.3 Å². The Hall–Kier alpha value is -2.63. The first-order valence-corrected chi connectivity index (χ1v) is 8.15. The molecule has 1 unspecified atom stereocenters. The SMILES string of the molecule is CNC(=O)c1ccc(CNC(=O)C2(c3ccc(F)cc3)CC2(C)C)o1. The first-order valence-electron chi connectivity index (χ1n) is 8.15. The Morgan fingerprint density at radius 3 is 2.36 bits per heavy atom. The number of furan rings is 1. The van der Waals surface area contributed by atoms with Crippen LogP contribution in [0, 0.1) is 11.2 Å². The van der Waals surface area contributed by atoms with Crippen LogP contribution in [0.25, 0.3) is 0 Å². The van der Waals surface area contributed by atoms with E-state index >= 15 is 0 Å². The molecule has 5 nitrogen and oxygen atoms in total. The van der Waals surface area contributed by atoms with E-state index in [0.29, 0.717) is 12.2 Å². The minimum Gasteiger partial charge on any atom is -0.454 e. The molecule has 1 saturated carbocycles. The maximum atomic E-state index is 13.2. The molecule has 6 heteroatoms. The zero-order chi connectivity index (χ0) is 18.2. The second kappa shape index (κ2) is 6.02. The van der Waals surface area contributed by atoms with Crippen molar-refractivity contribution in [1.29, 1.82) is 0 Å². The number of rotatable bonds is 5. The minimum atomic E-state index is -0.670. The minimum absolute atomic E-state index is 0.123. The van der Waals surface area contributed by atoms with Gasteiger partial charge in [0.15, 0.2) is 5.76 Å². The lowest BCUT2D eigenvalue weighted by Gasteiger charge is -2.20. The predicted molar refractivity (Wildman–Crippen MR) is 90.4 cm³/mol. The van der Waals surface area contributed by atoms with Gasteiger partial charge in [-0.2, -0.15) is 0 Å². The average molecular weight is 344 g/mol. The molecule has 0 bridgehead atoms. The summed E-state index contributed by atoms with van der Waals surface area (Å²) in [5.41, 5.74) is -0.0655. The van der Waals surface area contributed by atoms with Gasteiger partial charge in [-0.25, -0.2) is 4.39 Å². The number of carbonyl (C=O) groups excluding carboxylic acids is 2. The van der Waals surface area contributed by atoms with E-state index in [4.69, 9.17) is 4.42 Å². The number of nitrogens with one attached hydrogen (secondary N) is 2. The first-order chi connectivity index (χ1) is 11.8. The highest BCUT2D eigenvalue weighted by Crippen LogP contribution is 2.64. The van der Waals surface area contributed by atoms with E-state index in [1.165, 1.54) is 19.2 Å². The molecule has 25 heavy (non-hydrogen) atoms. The fraction of sp³-hybridized carbons (Fsp3) is 0.368. The Balaban J connectivity index is 1.74. The summed E-state index contributed by atoms with van der Waals surface area (Å²) in [4.78, 5) is 24.4. The molecule has 0 radical (unpaired) electrons. The molecule has 1 aromatic carbocycles. The first kappa shape index (κ1) is 17.2. The van der Waals surface area contributed by atoms with Gasteiger partial charge >= 0.3 is 0 Å². The molecule has 0 spiro atoms. The fourth-order valence-corrected chi connectivity index (χ4v) is 3.40. The lowest BCUT2D eigenvalue weighted by atomic mass is 9.87. The van der Waals surface area contributed by atoms with Crippen LogP contribution >= 0.6 is 0 Å². The summed E-state index contributed by atoms with van der Waals surface area (Å²) in [5, 5.41) is 5.36. The van der Waals surface area contributed by atoms with Crippen molar-refractivity contribution in [2.45, 2.75) is 32.2 Å². The van der Waals surface area contributed by atoms with Crippen LogP contribution in [-0.4, -0.2) is 18.9 Å². The van der Waals surface area contributed by atoms with E-state index in [9.17, 15) is 14.0 Å². The summed E-state index contributed by atoms with van der Waals surface area (Å²) in [6, 6.07) is 9.31. The monoisotopic (exact) mass is 344 g/mol. The summed E-state index contributed by atoms with van der Waals surface area (Å²) in [6.07, 6.45) is 0.694. The van der Waals surface area contributed by atoms with Crippen LogP contribution < -0.4 is 10.6 Å². The van der Waals surface area contributed by atoms with Crippen molar-refractivity contribution in [2.24, 2.45) is 5.41 Å². The van der Waals surface area contributed by atoms with Gasteiger partial charge in [0.2, 0.25) is 5.91 Å². The van der Waals surface area contributed by atoms with E-state index in [0.717, 1.165) is 5.56 Å². The third kappa shape index (κ3) is 2.92.